The van der Waals surface area contributed by atoms with Crippen LogP contribution < -0.4 is 0 Å². The molecule has 3 nitrogen and oxygen atoms in total. The Morgan fingerprint density at radius 1 is 1.12 bits per heavy atom. The molecule has 0 aliphatic heterocycles. The molecule has 0 amide bonds. The number of benzene rings is 1. The van der Waals surface area contributed by atoms with Gasteiger partial charge in [0.1, 0.15) is 0 Å². The highest BCUT2D eigenvalue weighted by Gasteiger charge is 2.20. The predicted molar refractivity (Wildman–Crippen MR) is 92.3 cm³/mol. The highest BCUT2D eigenvalue weighted by molar-refractivity contribution is 5.85. The van der Waals surface area contributed by atoms with Gasteiger partial charge in [-0.15, -0.1) is 0 Å². The molecule has 1 aromatic carbocycles. The van der Waals surface area contributed by atoms with Gasteiger partial charge in [0.25, 0.3) is 6.43 Å². The third kappa shape index (κ3) is 2.90. The zero-order valence-corrected chi connectivity index (χ0v) is 14.2. The first kappa shape index (κ1) is 16.6. The van der Waals surface area contributed by atoms with Gasteiger partial charge in [0.2, 0.25) is 0 Å². The second-order valence-corrected chi connectivity index (χ2v) is 5.96. The summed E-state index contributed by atoms with van der Waals surface area (Å²) in [6.07, 6.45) is -0.739. The number of hydrogen-bond donors (Lipinski definition) is 0. The van der Waals surface area contributed by atoms with Crippen LogP contribution in [0, 0.1) is 6.92 Å². The smallest absolute Gasteiger partial charge is 0.247 e. The molecule has 2 heterocycles. The summed E-state index contributed by atoms with van der Waals surface area (Å²) in [5.74, 6) is 0. The maximum atomic E-state index is 13.6. The summed E-state index contributed by atoms with van der Waals surface area (Å²) >= 11 is 0. The molecular formula is C19H21F2N3. The molecule has 24 heavy (non-hydrogen) atoms. The fourth-order valence-corrected chi connectivity index (χ4v) is 2.99. The van der Waals surface area contributed by atoms with Gasteiger partial charge >= 0.3 is 0 Å². The monoisotopic (exact) mass is 329 g/mol. The Hall–Kier alpha value is -2.30. The molecule has 0 aliphatic carbocycles. The van der Waals surface area contributed by atoms with Gasteiger partial charge in [-0.3, -0.25) is 0 Å². The number of aromatic nitrogens is 3. The van der Waals surface area contributed by atoms with Crippen LogP contribution in [-0.4, -0.2) is 14.8 Å². The van der Waals surface area contributed by atoms with Gasteiger partial charge < -0.3 is 0 Å². The molecule has 0 unspecified atom stereocenters. The lowest BCUT2D eigenvalue weighted by atomic mass is 10.0. The first-order chi connectivity index (χ1) is 11.5. The fraction of sp³-hybridized carbons (Fsp3) is 0.368. The van der Waals surface area contributed by atoms with E-state index in [2.05, 4.69) is 17.0 Å². The second-order valence-electron chi connectivity index (χ2n) is 5.96. The van der Waals surface area contributed by atoms with E-state index in [0.29, 0.717) is 29.0 Å². The van der Waals surface area contributed by atoms with Crippen LogP contribution in [0.2, 0.25) is 0 Å². The van der Waals surface area contributed by atoms with Crippen LogP contribution in [0.5, 0.6) is 0 Å². The van der Waals surface area contributed by atoms with E-state index >= 15 is 0 Å². The number of halogens is 2. The number of hydrogen-bond acceptors (Lipinski definition) is 2. The number of rotatable bonds is 5. The van der Waals surface area contributed by atoms with Gasteiger partial charge in [-0.1, -0.05) is 38.1 Å². The summed E-state index contributed by atoms with van der Waals surface area (Å²) in [4.78, 5) is 4.65. The third-order valence-electron chi connectivity index (χ3n) is 4.24. The number of pyridine rings is 1. The summed E-state index contributed by atoms with van der Waals surface area (Å²) in [6.45, 7) is 6.54. The van der Waals surface area contributed by atoms with E-state index in [4.69, 9.17) is 0 Å². The van der Waals surface area contributed by atoms with Crippen molar-refractivity contribution < 1.29 is 8.78 Å². The summed E-state index contributed by atoms with van der Waals surface area (Å²) in [7, 11) is 0. The number of aryl methyl sites for hydroxylation is 3. The first-order valence-corrected chi connectivity index (χ1v) is 8.30. The third-order valence-corrected chi connectivity index (χ3v) is 4.24. The second kappa shape index (κ2) is 6.67. The van der Waals surface area contributed by atoms with Gasteiger partial charge in [-0.2, -0.15) is 5.10 Å². The summed E-state index contributed by atoms with van der Waals surface area (Å²) in [6, 6.07) is 9.40. The summed E-state index contributed by atoms with van der Waals surface area (Å²) < 4.78 is 29.0. The Bertz CT molecular complexity index is 851. The Morgan fingerprint density at radius 2 is 1.83 bits per heavy atom. The number of fused-ring (bicyclic) bond motifs is 1. The quantitative estimate of drug-likeness (QED) is 0.634. The lowest BCUT2D eigenvalue weighted by Crippen LogP contribution is -2.01. The number of nitrogens with zero attached hydrogens (tertiary/aromatic N) is 3. The van der Waals surface area contributed by atoms with E-state index in [9.17, 15) is 8.78 Å². The zero-order chi connectivity index (χ0) is 17.3. The van der Waals surface area contributed by atoms with Crippen LogP contribution in [-0.2, 0) is 13.0 Å². The first-order valence-electron chi connectivity index (χ1n) is 8.30. The Kier molecular flexibility index (Phi) is 4.60. The van der Waals surface area contributed by atoms with Crippen molar-refractivity contribution in [3.63, 3.8) is 0 Å². The lowest BCUT2D eigenvalue weighted by Gasteiger charge is -2.09. The maximum absolute atomic E-state index is 13.6. The van der Waals surface area contributed by atoms with Crippen LogP contribution in [0.4, 0.5) is 8.78 Å². The Morgan fingerprint density at radius 3 is 2.42 bits per heavy atom. The molecule has 0 spiro atoms. The molecule has 5 heteroatoms. The molecular weight excluding hydrogens is 308 g/mol. The van der Waals surface area contributed by atoms with Crippen molar-refractivity contribution in [3.05, 3.63) is 47.2 Å². The summed E-state index contributed by atoms with van der Waals surface area (Å²) in [5.41, 5.74) is 3.78. The minimum absolute atomic E-state index is 0.00872. The minimum atomic E-state index is -2.55. The topological polar surface area (TPSA) is 30.7 Å². The van der Waals surface area contributed by atoms with E-state index in [0.717, 1.165) is 18.4 Å². The van der Waals surface area contributed by atoms with Crippen molar-refractivity contribution in [2.24, 2.45) is 0 Å². The number of alkyl halides is 2. The van der Waals surface area contributed by atoms with Crippen LogP contribution >= 0.6 is 0 Å². The van der Waals surface area contributed by atoms with Crippen LogP contribution in [0.1, 0.15) is 43.5 Å². The van der Waals surface area contributed by atoms with Crippen LogP contribution in [0.25, 0.3) is 22.3 Å². The molecule has 0 N–H and O–H groups in total. The average Bonchev–Trinajstić information content (AvgIpc) is 2.90. The van der Waals surface area contributed by atoms with Gasteiger partial charge in [-0.05, 0) is 31.4 Å². The molecule has 3 rings (SSSR count). The fourth-order valence-electron chi connectivity index (χ4n) is 2.99. The molecule has 0 fully saturated rings. The molecule has 126 valence electrons. The maximum Gasteiger partial charge on any atom is 0.264 e. The van der Waals surface area contributed by atoms with E-state index in [-0.39, 0.29) is 5.56 Å². The van der Waals surface area contributed by atoms with Crippen molar-refractivity contribution in [2.45, 2.75) is 46.6 Å². The molecule has 2 aromatic heterocycles. The lowest BCUT2D eigenvalue weighted by molar-refractivity contribution is 0.153. The van der Waals surface area contributed by atoms with Crippen LogP contribution in [0.3, 0.4) is 0 Å². The van der Waals surface area contributed by atoms with E-state index in [1.165, 1.54) is 11.6 Å². The Balaban J connectivity index is 2.22. The molecule has 0 bridgehead atoms. The van der Waals surface area contributed by atoms with Crippen molar-refractivity contribution in [2.75, 3.05) is 0 Å². The normalized spacial score (nSPS) is 11.6. The summed E-state index contributed by atoms with van der Waals surface area (Å²) in [5, 5.41) is 4.88. The molecule has 0 aliphatic rings. The average molecular weight is 329 g/mol. The van der Waals surface area contributed by atoms with Crippen molar-refractivity contribution in [1.82, 2.24) is 14.8 Å². The van der Waals surface area contributed by atoms with E-state index in [1.807, 2.05) is 31.2 Å². The highest BCUT2D eigenvalue weighted by atomic mass is 19.3. The molecule has 3 aromatic rings. The van der Waals surface area contributed by atoms with Gasteiger partial charge in [0.15, 0.2) is 5.65 Å². The van der Waals surface area contributed by atoms with E-state index < -0.39 is 6.43 Å². The molecule has 0 saturated carbocycles. The Labute approximate surface area is 140 Å². The largest absolute Gasteiger partial charge is 0.264 e. The van der Waals surface area contributed by atoms with Crippen LogP contribution in [0.15, 0.2) is 30.3 Å². The van der Waals surface area contributed by atoms with Gasteiger partial charge in [0.05, 0.1) is 16.8 Å². The van der Waals surface area contributed by atoms with Crippen molar-refractivity contribution >= 4 is 11.0 Å². The predicted octanol–water partition coefficient (Wildman–Crippen LogP) is 5.32. The molecule has 0 saturated heterocycles. The SMILES string of the molecule is CCCn1nc(C)c2c(C(F)F)cc(-c3ccc(CC)cc3)nc21. The van der Waals surface area contributed by atoms with E-state index in [1.54, 1.807) is 11.6 Å². The van der Waals surface area contributed by atoms with Crippen molar-refractivity contribution in [1.29, 1.82) is 0 Å². The standard InChI is InChI=1S/C19H21F2N3/c1-4-10-24-19-17(12(3)23-24)15(18(20)21)11-16(22-19)14-8-6-13(5-2)7-9-14/h6-9,11,18H,4-5,10H2,1-3H3. The highest BCUT2D eigenvalue weighted by Crippen LogP contribution is 2.33. The zero-order valence-electron chi connectivity index (χ0n) is 14.2. The minimum Gasteiger partial charge on any atom is -0.247 e. The molecule has 0 atom stereocenters. The van der Waals surface area contributed by atoms with Gasteiger partial charge in [0, 0.05) is 17.7 Å². The molecule has 0 radical (unpaired) electrons. The van der Waals surface area contributed by atoms with Crippen molar-refractivity contribution in [3.8, 4) is 11.3 Å². The van der Waals surface area contributed by atoms with Gasteiger partial charge in [-0.25, -0.2) is 18.4 Å².